The molecule has 1 aromatic carbocycles. The molecule has 2 amide bonds. The van der Waals surface area contributed by atoms with E-state index in [9.17, 15) is 9.59 Å². The molecule has 0 aliphatic carbocycles. The Hall–Kier alpha value is -2.54. The number of rotatable bonds is 10. The molecule has 0 saturated carbocycles. The second-order valence-electron chi connectivity index (χ2n) is 5.84. The molecule has 146 valence electrons. The summed E-state index contributed by atoms with van der Waals surface area (Å²) in [7, 11) is 0. The zero-order valence-electron chi connectivity index (χ0n) is 15.9. The Kier molecular flexibility index (Phi) is 8.13. The molecule has 1 unspecified atom stereocenters. The zero-order chi connectivity index (χ0) is 19.6. The van der Waals surface area contributed by atoms with E-state index in [-0.39, 0.29) is 24.3 Å². The second-order valence-corrected chi connectivity index (χ2v) is 6.79. The van der Waals surface area contributed by atoms with Crippen LogP contribution >= 0.6 is 11.3 Å². The van der Waals surface area contributed by atoms with Gasteiger partial charge in [-0.2, -0.15) is 0 Å². The highest BCUT2D eigenvalue weighted by Crippen LogP contribution is 2.30. The zero-order valence-corrected chi connectivity index (χ0v) is 16.7. The fourth-order valence-electron chi connectivity index (χ4n) is 2.52. The Balaban J connectivity index is 1.86. The third-order valence-corrected chi connectivity index (χ3v) is 4.70. The molecule has 1 atom stereocenters. The van der Waals surface area contributed by atoms with Crippen molar-refractivity contribution in [3.05, 3.63) is 46.2 Å². The van der Waals surface area contributed by atoms with E-state index in [2.05, 4.69) is 10.6 Å². The largest absolute Gasteiger partial charge is 0.490 e. The van der Waals surface area contributed by atoms with Gasteiger partial charge in [0.2, 0.25) is 5.91 Å². The first kappa shape index (κ1) is 20.8. The molecule has 2 aromatic rings. The summed E-state index contributed by atoms with van der Waals surface area (Å²) in [6.07, 6.45) is 0.219. The van der Waals surface area contributed by atoms with Crippen LogP contribution in [0.25, 0.3) is 0 Å². The van der Waals surface area contributed by atoms with Crippen LogP contribution in [0.2, 0.25) is 0 Å². The van der Waals surface area contributed by atoms with Crippen LogP contribution in [0.1, 0.15) is 48.5 Å². The SMILES string of the molecule is CCOc1ccc(C(C)NC(=O)CCNC(=O)c2cccs2)cc1OCC. The van der Waals surface area contributed by atoms with Crippen molar-refractivity contribution in [2.24, 2.45) is 0 Å². The van der Waals surface area contributed by atoms with E-state index >= 15 is 0 Å². The topological polar surface area (TPSA) is 76.7 Å². The van der Waals surface area contributed by atoms with E-state index in [1.54, 1.807) is 6.07 Å². The third kappa shape index (κ3) is 6.29. The summed E-state index contributed by atoms with van der Waals surface area (Å²) in [4.78, 5) is 24.7. The molecule has 0 saturated heterocycles. The van der Waals surface area contributed by atoms with Crippen LogP contribution in [0.4, 0.5) is 0 Å². The number of ether oxygens (including phenoxy) is 2. The second kappa shape index (κ2) is 10.6. The molecule has 0 radical (unpaired) electrons. The maximum Gasteiger partial charge on any atom is 0.261 e. The summed E-state index contributed by atoms with van der Waals surface area (Å²) in [5.74, 6) is 1.08. The summed E-state index contributed by atoms with van der Waals surface area (Å²) in [6.45, 7) is 7.13. The lowest BCUT2D eigenvalue weighted by Crippen LogP contribution is -2.31. The maximum atomic E-state index is 12.2. The van der Waals surface area contributed by atoms with Crippen molar-refractivity contribution < 1.29 is 19.1 Å². The summed E-state index contributed by atoms with van der Waals surface area (Å²) in [6, 6.07) is 9.05. The Morgan fingerprint density at radius 1 is 1.11 bits per heavy atom. The first-order valence-electron chi connectivity index (χ1n) is 9.05. The van der Waals surface area contributed by atoms with Gasteiger partial charge in [-0.25, -0.2) is 0 Å². The van der Waals surface area contributed by atoms with Gasteiger partial charge in [0.05, 0.1) is 24.1 Å². The predicted molar refractivity (Wildman–Crippen MR) is 107 cm³/mol. The number of carbonyl (C=O) groups excluding carboxylic acids is 2. The molecule has 0 fully saturated rings. The van der Waals surface area contributed by atoms with Crippen LogP contribution in [0.5, 0.6) is 11.5 Å². The van der Waals surface area contributed by atoms with E-state index in [0.29, 0.717) is 36.1 Å². The molecule has 2 rings (SSSR count). The highest BCUT2D eigenvalue weighted by molar-refractivity contribution is 7.12. The van der Waals surface area contributed by atoms with Crippen molar-refractivity contribution >= 4 is 23.2 Å². The van der Waals surface area contributed by atoms with Gasteiger partial charge in [0.25, 0.3) is 5.91 Å². The average molecular weight is 391 g/mol. The van der Waals surface area contributed by atoms with Crippen molar-refractivity contribution in [1.29, 1.82) is 0 Å². The van der Waals surface area contributed by atoms with Gasteiger partial charge in [0.15, 0.2) is 11.5 Å². The van der Waals surface area contributed by atoms with E-state index in [0.717, 1.165) is 5.56 Å². The van der Waals surface area contributed by atoms with Crippen LogP contribution in [-0.2, 0) is 4.79 Å². The monoisotopic (exact) mass is 390 g/mol. The van der Waals surface area contributed by atoms with Gasteiger partial charge in [0, 0.05) is 13.0 Å². The van der Waals surface area contributed by atoms with Crippen molar-refractivity contribution in [2.45, 2.75) is 33.2 Å². The lowest BCUT2D eigenvalue weighted by Gasteiger charge is -2.17. The molecule has 0 aliphatic rings. The number of thiophene rings is 1. The van der Waals surface area contributed by atoms with Crippen molar-refractivity contribution in [2.75, 3.05) is 19.8 Å². The standard InChI is InChI=1S/C20H26N2O4S/c1-4-25-16-9-8-15(13-17(16)26-5-2)14(3)22-19(23)10-11-21-20(24)18-7-6-12-27-18/h6-9,12-14H,4-5,10-11H2,1-3H3,(H,21,24)(H,22,23). The van der Waals surface area contributed by atoms with Gasteiger partial charge in [-0.3, -0.25) is 9.59 Å². The minimum atomic E-state index is -0.180. The number of nitrogens with one attached hydrogen (secondary N) is 2. The Morgan fingerprint density at radius 2 is 1.85 bits per heavy atom. The maximum absolute atomic E-state index is 12.2. The van der Waals surface area contributed by atoms with E-state index in [4.69, 9.17) is 9.47 Å². The van der Waals surface area contributed by atoms with Crippen molar-refractivity contribution in [3.63, 3.8) is 0 Å². The Labute approximate surface area is 163 Å². The van der Waals surface area contributed by atoms with Crippen LogP contribution in [-0.4, -0.2) is 31.6 Å². The van der Waals surface area contributed by atoms with Gasteiger partial charge < -0.3 is 20.1 Å². The lowest BCUT2D eigenvalue weighted by atomic mass is 10.1. The number of benzene rings is 1. The molecule has 2 N–H and O–H groups in total. The molecule has 1 aromatic heterocycles. The van der Waals surface area contributed by atoms with Gasteiger partial charge >= 0.3 is 0 Å². The Bertz CT molecular complexity index is 746. The quantitative estimate of drug-likeness (QED) is 0.651. The molecule has 6 nitrogen and oxygen atoms in total. The van der Waals surface area contributed by atoms with Crippen LogP contribution in [0, 0.1) is 0 Å². The van der Waals surface area contributed by atoms with Gasteiger partial charge in [-0.15, -0.1) is 11.3 Å². The van der Waals surface area contributed by atoms with E-state index in [1.807, 2.05) is 50.4 Å². The molecule has 27 heavy (non-hydrogen) atoms. The predicted octanol–water partition coefficient (Wildman–Crippen LogP) is 3.54. The van der Waals surface area contributed by atoms with Gasteiger partial charge in [-0.1, -0.05) is 12.1 Å². The first-order chi connectivity index (χ1) is 13.0. The lowest BCUT2D eigenvalue weighted by molar-refractivity contribution is -0.121. The summed E-state index contributed by atoms with van der Waals surface area (Å²) in [5.41, 5.74) is 0.929. The van der Waals surface area contributed by atoms with E-state index in [1.165, 1.54) is 11.3 Å². The van der Waals surface area contributed by atoms with Crippen molar-refractivity contribution in [1.82, 2.24) is 10.6 Å². The summed E-state index contributed by atoms with van der Waals surface area (Å²) in [5, 5.41) is 7.54. The molecule has 0 bridgehead atoms. The molecule has 0 spiro atoms. The molecule has 1 heterocycles. The van der Waals surface area contributed by atoms with Crippen LogP contribution in [0.3, 0.4) is 0 Å². The minimum Gasteiger partial charge on any atom is -0.490 e. The summed E-state index contributed by atoms with van der Waals surface area (Å²) < 4.78 is 11.2. The normalized spacial score (nSPS) is 11.5. The number of hydrogen-bond acceptors (Lipinski definition) is 5. The van der Waals surface area contributed by atoms with Crippen LogP contribution < -0.4 is 20.1 Å². The molecular weight excluding hydrogens is 364 g/mol. The fourth-order valence-corrected chi connectivity index (χ4v) is 3.16. The van der Waals surface area contributed by atoms with E-state index < -0.39 is 0 Å². The number of carbonyl (C=O) groups is 2. The minimum absolute atomic E-state index is 0.124. The fraction of sp³-hybridized carbons (Fsp3) is 0.400. The third-order valence-electron chi connectivity index (χ3n) is 3.83. The number of hydrogen-bond donors (Lipinski definition) is 2. The average Bonchev–Trinajstić information content (AvgIpc) is 3.18. The molecular formula is C20H26N2O4S. The van der Waals surface area contributed by atoms with Crippen LogP contribution in [0.15, 0.2) is 35.7 Å². The number of amides is 2. The Morgan fingerprint density at radius 3 is 2.52 bits per heavy atom. The van der Waals surface area contributed by atoms with Crippen molar-refractivity contribution in [3.8, 4) is 11.5 Å². The highest BCUT2D eigenvalue weighted by Gasteiger charge is 2.14. The molecule has 0 aliphatic heterocycles. The van der Waals surface area contributed by atoms with Gasteiger partial charge in [0.1, 0.15) is 0 Å². The smallest absolute Gasteiger partial charge is 0.261 e. The van der Waals surface area contributed by atoms with Gasteiger partial charge in [-0.05, 0) is 49.9 Å². The molecule has 7 heteroatoms. The highest BCUT2D eigenvalue weighted by atomic mass is 32.1. The summed E-state index contributed by atoms with van der Waals surface area (Å²) >= 11 is 1.37. The first-order valence-corrected chi connectivity index (χ1v) is 9.93.